The van der Waals surface area contributed by atoms with E-state index in [2.05, 4.69) is 9.71 Å². The van der Waals surface area contributed by atoms with Crippen LogP contribution in [0.3, 0.4) is 0 Å². The van der Waals surface area contributed by atoms with Crippen molar-refractivity contribution in [1.82, 2.24) is 9.71 Å². The quantitative estimate of drug-likeness (QED) is 0.474. The average Bonchev–Trinajstić information content (AvgIpc) is 2.37. The van der Waals surface area contributed by atoms with Gasteiger partial charge in [0, 0.05) is 12.4 Å². The molecule has 0 fully saturated rings. The van der Waals surface area contributed by atoms with Crippen molar-refractivity contribution in [3.8, 4) is 0 Å². The minimum atomic E-state index is -3.95. The fraction of sp³-hybridized carbons (Fsp3) is 0.444. The van der Waals surface area contributed by atoms with Gasteiger partial charge in [-0.3, -0.25) is 4.98 Å². The molecule has 0 aliphatic carbocycles. The first-order chi connectivity index (χ1) is 7.99. The van der Waals surface area contributed by atoms with Crippen molar-refractivity contribution in [2.45, 2.75) is 10.4 Å². The summed E-state index contributed by atoms with van der Waals surface area (Å²) >= 11 is 0. The van der Waals surface area contributed by atoms with E-state index in [9.17, 15) is 8.42 Å². The van der Waals surface area contributed by atoms with Gasteiger partial charge in [0.25, 0.3) is 0 Å². The van der Waals surface area contributed by atoms with Crippen molar-refractivity contribution in [3.05, 3.63) is 24.5 Å². The summed E-state index contributed by atoms with van der Waals surface area (Å²) in [5.74, 6) is 0. The SMILES string of the molecule is O=S(=O)(NC(CO)(CO)CO)c1cccnc1. The third-order valence-electron chi connectivity index (χ3n) is 2.20. The maximum absolute atomic E-state index is 11.8. The van der Waals surface area contributed by atoms with E-state index in [1.165, 1.54) is 18.3 Å². The molecule has 1 aromatic heterocycles. The largest absolute Gasteiger partial charge is 0.394 e. The molecule has 7 nitrogen and oxygen atoms in total. The topological polar surface area (TPSA) is 120 Å². The molecule has 17 heavy (non-hydrogen) atoms. The normalized spacial score (nSPS) is 12.6. The first kappa shape index (κ1) is 14.0. The summed E-state index contributed by atoms with van der Waals surface area (Å²) in [4.78, 5) is 3.54. The van der Waals surface area contributed by atoms with E-state index in [-0.39, 0.29) is 4.90 Å². The van der Waals surface area contributed by atoms with Crippen LogP contribution in [0.5, 0.6) is 0 Å². The number of pyridine rings is 1. The predicted molar refractivity (Wildman–Crippen MR) is 58.5 cm³/mol. The van der Waals surface area contributed by atoms with Crippen LogP contribution in [-0.2, 0) is 10.0 Å². The molecule has 1 rings (SSSR count). The molecule has 0 aliphatic rings. The van der Waals surface area contributed by atoms with Crippen molar-refractivity contribution in [2.24, 2.45) is 0 Å². The summed E-state index contributed by atoms with van der Waals surface area (Å²) in [5, 5.41) is 27.1. The van der Waals surface area contributed by atoms with E-state index in [4.69, 9.17) is 15.3 Å². The number of hydrogen-bond donors (Lipinski definition) is 4. The van der Waals surface area contributed by atoms with Crippen LogP contribution in [0, 0.1) is 0 Å². The summed E-state index contributed by atoms with van der Waals surface area (Å²) < 4.78 is 25.7. The van der Waals surface area contributed by atoms with E-state index >= 15 is 0 Å². The lowest BCUT2D eigenvalue weighted by Gasteiger charge is -2.28. The maximum Gasteiger partial charge on any atom is 0.242 e. The first-order valence-electron chi connectivity index (χ1n) is 4.76. The molecule has 0 amide bonds. The van der Waals surface area contributed by atoms with Crippen LogP contribution in [0.25, 0.3) is 0 Å². The van der Waals surface area contributed by atoms with Crippen molar-refractivity contribution >= 4 is 10.0 Å². The zero-order valence-electron chi connectivity index (χ0n) is 8.94. The Balaban J connectivity index is 3.01. The Bertz CT molecular complexity index is 435. The summed E-state index contributed by atoms with van der Waals surface area (Å²) in [7, 11) is -3.95. The summed E-state index contributed by atoms with van der Waals surface area (Å²) in [5.41, 5.74) is -1.69. The molecule has 8 heteroatoms. The number of rotatable bonds is 6. The van der Waals surface area contributed by atoms with E-state index in [1.54, 1.807) is 0 Å². The second-order valence-electron chi connectivity index (χ2n) is 3.55. The Kier molecular flexibility index (Phi) is 4.54. The van der Waals surface area contributed by atoms with Gasteiger partial charge < -0.3 is 15.3 Å². The van der Waals surface area contributed by atoms with Crippen LogP contribution < -0.4 is 4.72 Å². The van der Waals surface area contributed by atoms with E-state index < -0.39 is 35.4 Å². The highest BCUT2D eigenvalue weighted by molar-refractivity contribution is 7.89. The molecule has 96 valence electrons. The molecule has 4 N–H and O–H groups in total. The molecule has 0 spiro atoms. The number of hydrogen-bond acceptors (Lipinski definition) is 6. The molecular weight excluding hydrogens is 248 g/mol. The molecule has 1 aromatic rings. The first-order valence-corrected chi connectivity index (χ1v) is 6.24. The highest BCUT2D eigenvalue weighted by Crippen LogP contribution is 2.11. The monoisotopic (exact) mass is 262 g/mol. The van der Waals surface area contributed by atoms with Gasteiger partial charge in [-0.2, -0.15) is 4.72 Å². The molecule has 0 saturated carbocycles. The summed E-state index contributed by atoms with van der Waals surface area (Å²) in [6, 6.07) is 2.75. The third-order valence-corrected chi connectivity index (χ3v) is 3.77. The molecule has 1 heterocycles. The molecule has 0 radical (unpaired) electrons. The minimum absolute atomic E-state index is 0.111. The predicted octanol–water partition coefficient (Wildman–Crippen LogP) is -1.92. The van der Waals surface area contributed by atoms with Crippen molar-refractivity contribution in [2.75, 3.05) is 19.8 Å². The second kappa shape index (κ2) is 5.52. The lowest BCUT2D eigenvalue weighted by molar-refractivity contribution is 0.0582. The Morgan fingerprint density at radius 3 is 2.24 bits per heavy atom. The van der Waals surface area contributed by atoms with Gasteiger partial charge in [0.2, 0.25) is 10.0 Å². The Hall–Kier alpha value is -1.06. The van der Waals surface area contributed by atoms with Crippen LogP contribution in [-0.4, -0.2) is 54.1 Å². The van der Waals surface area contributed by atoms with Gasteiger partial charge in [-0.15, -0.1) is 0 Å². The van der Waals surface area contributed by atoms with Crippen molar-refractivity contribution in [3.63, 3.8) is 0 Å². The van der Waals surface area contributed by atoms with Gasteiger partial charge in [-0.1, -0.05) is 0 Å². The summed E-state index contributed by atoms with van der Waals surface area (Å²) in [6.07, 6.45) is 2.54. The van der Waals surface area contributed by atoms with Gasteiger partial charge in [-0.25, -0.2) is 8.42 Å². The fourth-order valence-corrected chi connectivity index (χ4v) is 2.44. The number of nitrogens with one attached hydrogen (secondary N) is 1. The Morgan fingerprint density at radius 2 is 1.82 bits per heavy atom. The van der Waals surface area contributed by atoms with Gasteiger partial charge in [-0.05, 0) is 12.1 Å². The van der Waals surface area contributed by atoms with Gasteiger partial charge in [0.15, 0.2) is 0 Å². The van der Waals surface area contributed by atoms with E-state index in [1.807, 2.05) is 0 Å². The second-order valence-corrected chi connectivity index (χ2v) is 5.23. The number of nitrogens with zero attached hydrogens (tertiary/aromatic N) is 1. The number of sulfonamides is 1. The number of aromatic nitrogens is 1. The van der Waals surface area contributed by atoms with Crippen LogP contribution in [0.15, 0.2) is 29.4 Å². The molecular formula is C9H14N2O5S. The lowest BCUT2D eigenvalue weighted by Crippen LogP contribution is -2.56. The molecule has 0 aromatic carbocycles. The zero-order chi connectivity index (χ0) is 12.9. The average molecular weight is 262 g/mol. The molecule has 0 saturated heterocycles. The molecule has 0 atom stereocenters. The molecule has 0 unspecified atom stereocenters. The lowest BCUT2D eigenvalue weighted by atomic mass is 10.1. The molecule has 0 bridgehead atoms. The van der Waals surface area contributed by atoms with Crippen LogP contribution in [0.2, 0.25) is 0 Å². The van der Waals surface area contributed by atoms with Crippen molar-refractivity contribution < 1.29 is 23.7 Å². The van der Waals surface area contributed by atoms with Gasteiger partial charge >= 0.3 is 0 Å². The van der Waals surface area contributed by atoms with Crippen molar-refractivity contribution in [1.29, 1.82) is 0 Å². The minimum Gasteiger partial charge on any atom is -0.394 e. The fourth-order valence-electron chi connectivity index (χ4n) is 1.10. The Labute approximate surface area is 98.8 Å². The van der Waals surface area contributed by atoms with E-state index in [0.717, 1.165) is 6.20 Å². The Morgan fingerprint density at radius 1 is 1.24 bits per heavy atom. The van der Waals surface area contributed by atoms with Crippen LogP contribution in [0.1, 0.15) is 0 Å². The highest BCUT2D eigenvalue weighted by Gasteiger charge is 2.33. The van der Waals surface area contributed by atoms with Crippen LogP contribution >= 0.6 is 0 Å². The standard InChI is InChI=1S/C9H14N2O5S/c12-5-9(6-13,7-14)11-17(15,16)8-2-1-3-10-4-8/h1-4,11-14H,5-7H2. The highest BCUT2D eigenvalue weighted by atomic mass is 32.2. The van der Waals surface area contributed by atoms with Crippen LogP contribution in [0.4, 0.5) is 0 Å². The summed E-state index contributed by atoms with van der Waals surface area (Å²) in [6.45, 7) is -2.17. The van der Waals surface area contributed by atoms with E-state index in [0.29, 0.717) is 0 Å². The smallest absolute Gasteiger partial charge is 0.242 e. The van der Waals surface area contributed by atoms with Gasteiger partial charge in [0.1, 0.15) is 10.4 Å². The number of aliphatic hydroxyl groups is 3. The maximum atomic E-state index is 11.8. The van der Waals surface area contributed by atoms with Gasteiger partial charge in [0.05, 0.1) is 19.8 Å². The zero-order valence-corrected chi connectivity index (χ0v) is 9.76. The third kappa shape index (κ3) is 3.20. The molecule has 0 aliphatic heterocycles. The number of aliphatic hydroxyl groups excluding tert-OH is 3.